The van der Waals surface area contributed by atoms with Crippen molar-refractivity contribution >= 4 is 27.6 Å². The molecule has 3 heterocycles. The summed E-state index contributed by atoms with van der Waals surface area (Å²) in [6.45, 7) is 14.2. The summed E-state index contributed by atoms with van der Waals surface area (Å²) in [7, 11) is 0. The molecule has 0 bridgehead atoms. The van der Waals surface area contributed by atoms with Crippen LogP contribution in [0.4, 0.5) is 0 Å². The van der Waals surface area contributed by atoms with E-state index in [0.717, 1.165) is 67.2 Å². The third-order valence-corrected chi connectivity index (χ3v) is 6.87. The van der Waals surface area contributed by atoms with Crippen LogP contribution in [0.15, 0.2) is 61.1 Å². The van der Waals surface area contributed by atoms with Crippen molar-refractivity contribution in [2.75, 3.05) is 13.2 Å². The maximum Gasteiger partial charge on any atom is 0.316 e. The lowest BCUT2D eigenvalue weighted by atomic mass is 9.86. The van der Waals surface area contributed by atoms with Crippen molar-refractivity contribution in [1.29, 1.82) is 0 Å². The molecule has 0 radical (unpaired) electrons. The van der Waals surface area contributed by atoms with Crippen molar-refractivity contribution in [3.8, 4) is 34.0 Å². The van der Waals surface area contributed by atoms with Crippen molar-refractivity contribution in [3.63, 3.8) is 0 Å². The van der Waals surface area contributed by atoms with Crippen LogP contribution in [0.5, 0.6) is 11.8 Å². The Balaban J connectivity index is 0.000000576. The molecule has 0 spiro atoms. The van der Waals surface area contributed by atoms with Gasteiger partial charge in [0.15, 0.2) is 0 Å². The van der Waals surface area contributed by atoms with E-state index in [0.29, 0.717) is 19.2 Å². The fraction of sp³-hybridized carbons (Fsp3) is 0.333. The Morgan fingerprint density at radius 2 is 1.70 bits per heavy atom. The zero-order valence-electron chi connectivity index (χ0n) is 26.6. The molecule has 0 aliphatic carbocycles. The average molecular weight is 596 g/mol. The highest BCUT2D eigenvalue weighted by Crippen LogP contribution is 2.43. The summed E-state index contributed by atoms with van der Waals surface area (Å²) in [6, 6.07) is 14.6. The first-order chi connectivity index (χ1) is 21.0. The molecule has 2 N–H and O–H groups in total. The Labute approximate surface area is 258 Å². The number of carboxylic acids is 1. The summed E-state index contributed by atoms with van der Waals surface area (Å²) in [4.78, 5) is 25.3. The van der Waals surface area contributed by atoms with E-state index in [4.69, 9.17) is 19.6 Å². The van der Waals surface area contributed by atoms with Gasteiger partial charge < -0.3 is 19.7 Å². The van der Waals surface area contributed by atoms with Crippen LogP contribution in [0, 0.1) is 6.92 Å². The number of carbonyl (C=O) groups is 1. The summed E-state index contributed by atoms with van der Waals surface area (Å²) in [5, 5.41) is 21.3. The summed E-state index contributed by atoms with van der Waals surface area (Å²) in [5.74, 6) is -0.0477. The van der Waals surface area contributed by atoms with E-state index in [1.54, 1.807) is 33.2 Å². The number of nitrogens with zero attached hydrogens (tertiary/aromatic N) is 3. The number of aliphatic hydroxyl groups is 1. The smallest absolute Gasteiger partial charge is 0.316 e. The number of benzene rings is 3. The van der Waals surface area contributed by atoms with Crippen molar-refractivity contribution in [2.24, 2.45) is 0 Å². The first kappa shape index (κ1) is 32.4. The van der Waals surface area contributed by atoms with E-state index < -0.39 is 11.6 Å². The number of pyridine rings is 1. The predicted molar refractivity (Wildman–Crippen MR) is 175 cm³/mol. The monoisotopic (exact) mass is 595 g/mol. The van der Waals surface area contributed by atoms with Gasteiger partial charge in [-0.25, -0.2) is 9.97 Å². The molecule has 6 rings (SSSR count). The van der Waals surface area contributed by atoms with Gasteiger partial charge in [0.2, 0.25) is 0 Å². The van der Waals surface area contributed by atoms with Crippen LogP contribution in [0.2, 0.25) is 0 Å². The molecule has 0 saturated heterocycles. The maximum absolute atomic E-state index is 11.9. The molecular formula is C36H41N3O5. The second kappa shape index (κ2) is 13.8. The van der Waals surface area contributed by atoms with Gasteiger partial charge in [0, 0.05) is 41.5 Å². The number of aromatic nitrogens is 3. The quantitative estimate of drug-likeness (QED) is 0.206. The molecule has 0 fully saturated rings. The van der Waals surface area contributed by atoms with E-state index in [1.807, 2.05) is 64.2 Å². The normalized spacial score (nSPS) is 12.0. The Hall–Kier alpha value is -4.56. The molecule has 3 aromatic carbocycles. The zero-order chi connectivity index (χ0) is 32.0. The number of aryl methyl sites for hydroxylation is 1. The van der Waals surface area contributed by atoms with Crippen LogP contribution in [-0.4, -0.2) is 49.9 Å². The SMILES string of the molecule is CC.CC(C)(C)O.CCOc1ncc(-c2ccc3c(-c4ccc5c6c(ccnc46)CCO5)c(CC(=O)O)c(C)cc3c2)cn1. The van der Waals surface area contributed by atoms with Crippen LogP contribution < -0.4 is 9.47 Å². The van der Waals surface area contributed by atoms with Crippen LogP contribution >= 0.6 is 0 Å². The highest BCUT2D eigenvalue weighted by atomic mass is 16.5. The molecule has 230 valence electrons. The van der Waals surface area contributed by atoms with Gasteiger partial charge in [0.05, 0.1) is 30.8 Å². The van der Waals surface area contributed by atoms with Gasteiger partial charge in [-0.3, -0.25) is 9.78 Å². The van der Waals surface area contributed by atoms with Gasteiger partial charge in [-0.1, -0.05) is 32.0 Å². The number of ether oxygens (including phenoxy) is 2. The van der Waals surface area contributed by atoms with E-state index in [9.17, 15) is 9.90 Å². The summed E-state index contributed by atoms with van der Waals surface area (Å²) in [5.41, 5.74) is 6.88. The molecule has 8 heteroatoms. The lowest BCUT2D eigenvalue weighted by molar-refractivity contribution is -0.136. The number of aliphatic carboxylic acids is 1. The molecule has 0 saturated carbocycles. The number of rotatable bonds is 6. The summed E-state index contributed by atoms with van der Waals surface area (Å²) >= 11 is 0. The molecular weight excluding hydrogens is 554 g/mol. The van der Waals surface area contributed by atoms with Gasteiger partial charge >= 0.3 is 12.0 Å². The number of fused-ring (bicyclic) bond motifs is 1. The summed E-state index contributed by atoms with van der Waals surface area (Å²) < 4.78 is 11.3. The van der Waals surface area contributed by atoms with Gasteiger partial charge in [-0.15, -0.1) is 0 Å². The molecule has 2 aromatic heterocycles. The van der Waals surface area contributed by atoms with Crippen molar-refractivity contribution in [3.05, 3.63) is 77.7 Å². The highest BCUT2D eigenvalue weighted by molar-refractivity contribution is 6.09. The minimum absolute atomic E-state index is 0.0783. The van der Waals surface area contributed by atoms with Gasteiger partial charge in [-0.2, -0.15) is 0 Å². The average Bonchev–Trinajstić information content (AvgIpc) is 2.99. The number of carboxylic acid groups (broad SMARTS) is 1. The Morgan fingerprint density at radius 3 is 2.36 bits per heavy atom. The molecule has 1 aliphatic heterocycles. The second-order valence-electron chi connectivity index (χ2n) is 11.3. The van der Waals surface area contributed by atoms with Crippen molar-refractivity contribution in [2.45, 2.75) is 66.9 Å². The highest BCUT2D eigenvalue weighted by Gasteiger charge is 2.22. The molecule has 0 atom stereocenters. The van der Waals surface area contributed by atoms with E-state index in [2.05, 4.69) is 22.1 Å². The number of hydrogen-bond acceptors (Lipinski definition) is 7. The molecule has 8 nitrogen and oxygen atoms in total. The minimum Gasteiger partial charge on any atom is -0.493 e. The summed E-state index contributed by atoms with van der Waals surface area (Å²) in [6.07, 6.45) is 6.07. The van der Waals surface area contributed by atoms with Crippen LogP contribution in [0.1, 0.15) is 58.2 Å². The standard InChI is InChI=1S/C30H25N3O4.C4H10O.C2H6/c1-3-36-30-32-15-21(16-33-30)19-4-5-22-20(13-19)12-17(2)24(14-26(34)35)28(22)23-6-7-25-27-18(9-11-37-25)8-10-31-29(23)27;1-4(2,3)5;1-2/h4-8,10,12-13,15-16H,3,9,11,14H2,1-2H3,(H,34,35);5H,1-3H3;1-2H3. The maximum atomic E-state index is 11.9. The Morgan fingerprint density at radius 1 is 1.00 bits per heavy atom. The fourth-order valence-electron chi connectivity index (χ4n) is 5.23. The largest absolute Gasteiger partial charge is 0.493 e. The second-order valence-corrected chi connectivity index (χ2v) is 11.3. The Bertz CT molecular complexity index is 1760. The predicted octanol–water partition coefficient (Wildman–Crippen LogP) is 7.58. The van der Waals surface area contributed by atoms with E-state index in [1.165, 1.54) is 5.56 Å². The molecule has 0 unspecified atom stereocenters. The third-order valence-electron chi connectivity index (χ3n) is 6.87. The van der Waals surface area contributed by atoms with Crippen molar-refractivity contribution < 1.29 is 24.5 Å². The fourth-order valence-corrected chi connectivity index (χ4v) is 5.23. The molecule has 44 heavy (non-hydrogen) atoms. The molecule has 1 aliphatic rings. The van der Waals surface area contributed by atoms with Crippen LogP contribution in [0.3, 0.4) is 0 Å². The third kappa shape index (κ3) is 7.32. The number of hydrogen-bond donors (Lipinski definition) is 2. The van der Waals surface area contributed by atoms with Crippen LogP contribution in [0.25, 0.3) is 43.9 Å². The zero-order valence-corrected chi connectivity index (χ0v) is 26.6. The first-order valence-corrected chi connectivity index (χ1v) is 15.0. The van der Waals surface area contributed by atoms with Gasteiger partial charge in [0.25, 0.3) is 0 Å². The van der Waals surface area contributed by atoms with Gasteiger partial charge in [-0.05, 0) is 97.5 Å². The first-order valence-electron chi connectivity index (χ1n) is 15.0. The van der Waals surface area contributed by atoms with Gasteiger partial charge in [0.1, 0.15) is 5.75 Å². The van der Waals surface area contributed by atoms with E-state index >= 15 is 0 Å². The van der Waals surface area contributed by atoms with E-state index in [-0.39, 0.29) is 6.42 Å². The van der Waals surface area contributed by atoms with Crippen molar-refractivity contribution in [1.82, 2.24) is 15.0 Å². The lowest BCUT2D eigenvalue weighted by Gasteiger charge is -2.22. The Kier molecular flexibility index (Phi) is 10.2. The van der Waals surface area contributed by atoms with Crippen LogP contribution in [-0.2, 0) is 17.6 Å². The lowest BCUT2D eigenvalue weighted by Crippen LogP contribution is -2.10. The minimum atomic E-state index is -0.870. The molecule has 5 aromatic rings. The molecule has 0 amide bonds. The topological polar surface area (TPSA) is 115 Å².